The Kier molecular flexibility index (Phi) is 28.2. The van der Waals surface area contributed by atoms with Crippen molar-refractivity contribution in [3.8, 4) is 0 Å². The summed E-state index contributed by atoms with van der Waals surface area (Å²) < 4.78 is 8.33. The largest absolute Gasteiger partial charge is 0.813 e. The minimum absolute atomic E-state index is 0. The van der Waals surface area contributed by atoms with E-state index in [-0.39, 0.29) is 40.1 Å². The van der Waals surface area contributed by atoms with Gasteiger partial charge in [0, 0.05) is 0 Å². The number of hydrogen-bond acceptors (Lipinski definition) is 5. The molecule has 316 valence electrons. The standard InChI is InChI=1S/2C24H20P.C2H6S2.2ClH.Fe.O.2H2S.W/c2*1-5-13-21(14-6-1)25(22-15-7-2-8-16-22,23-17-9-3-10-18-23)24-19-11-4-12-20-24;3-1-2-4;;;;;;;/h2*1-20H;3-4H,1-2H2;2*1H;;;2*1H2;/q2*+1;;;;+2;;;;/p-6. The Morgan fingerprint density at radius 3 is 0.492 bits per heavy atom. The molecule has 0 aliphatic carbocycles. The predicted octanol–water partition coefficient (Wildman–Crippen LogP) is 9.41. The molecule has 0 saturated carbocycles. The second-order valence-corrected chi connectivity index (χ2v) is 21.9. The monoisotopic (exact) mass is 1160 g/mol. The van der Waals surface area contributed by atoms with Crippen molar-refractivity contribution >= 4 is 129 Å². The Bertz CT molecular complexity index is 1790. The van der Waals surface area contributed by atoms with Crippen LogP contribution in [0.4, 0.5) is 0 Å². The molecule has 11 heteroatoms. The van der Waals surface area contributed by atoms with Crippen LogP contribution >= 0.6 is 34.7 Å². The van der Waals surface area contributed by atoms with Crippen LogP contribution in [-0.2, 0) is 88.6 Å². The van der Waals surface area contributed by atoms with E-state index in [1.807, 2.05) is 0 Å². The van der Waals surface area contributed by atoms with Gasteiger partial charge in [0.1, 0.15) is 57.0 Å². The maximum absolute atomic E-state index is 8.33. The fourth-order valence-corrected chi connectivity index (χ4v) is 15.5. The van der Waals surface area contributed by atoms with E-state index in [0.29, 0.717) is 19.8 Å². The molecule has 0 spiro atoms. The van der Waals surface area contributed by atoms with Crippen molar-refractivity contribution in [1.29, 1.82) is 0 Å². The van der Waals surface area contributed by atoms with E-state index < -0.39 is 14.5 Å². The molecule has 61 heavy (non-hydrogen) atoms. The number of hydrogen-bond donors (Lipinski definition) is 0. The molecule has 0 heterocycles. The van der Waals surface area contributed by atoms with E-state index in [4.69, 9.17) is 23.6 Å². The van der Waals surface area contributed by atoms with Gasteiger partial charge in [-0.2, -0.15) is 11.5 Å². The summed E-state index contributed by atoms with van der Waals surface area (Å²) in [5.74, 6) is 1.44. The Hall–Kier alpha value is -2.39. The molecule has 8 aromatic rings. The number of thiol groups is 2. The molecule has 0 aliphatic heterocycles. The molecule has 0 fully saturated rings. The third-order valence-corrected chi connectivity index (χ3v) is 18.5. The maximum atomic E-state index is 8.33. The second kappa shape index (κ2) is 31.5. The maximum Gasteiger partial charge on any atom is 0.144 e. The summed E-state index contributed by atoms with van der Waals surface area (Å²) in [5.41, 5.74) is 0. The topological polar surface area (TPSA) is 17.1 Å². The van der Waals surface area contributed by atoms with Gasteiger partial charge in [0.2, 0.25) is 0 Å². The molecule has 8 rings (SSSR count). The third kappa shape index (κ3) is 14.6. The molecule has 0 radical (unpaired) electrons. The van der Waals surface area contributed by atoms with Crippen molar-refractivity contribution in [2.24, 2.45) is 0 Å². The van der Waals surface area contributed by atoms with Crippen molar-refractivity contribution < 1.29 is 36.3 Å². The fraction of sp³-hybridized carbons (Fsp3) is 0.0400. The quantitative estimate of drug-likeness (QED) is 0.0619. The number of halogens is 2. The van der Waals surface area contributed by atoms with Crippen LogP contribution in [0.1, 0.15) is 0 Å². The number of rotatable bonds is 9. The van der Waals surface area contributed by atoms with Crippen molar-refractivity contribution in [2.75, 3.05) is 11.5 Å². The Labute approximate surface area is 415 Å². The first-order chi connectivity index (χ1) is 29.2. The zero-order chi connectivity index (χ0) is 42.0. The smallest absolute Gasteiger partial charge is 0.144 e. The average Bonchev–Trinajstić information content (AvgIpc) is 3.34. The summed E-state index contributed by atoms with van der Waals surface area (Å²) in [6.07, 6.45) is 0. The third-order valence-electron chi connectivity index (χ3n) is 9.23. The van der Waals surface area contributed by atoms with Crippen LogP contribution in [0.15, 0.2) is 243 Å². The van der Waals surface area contributed by atoms with Gasteiger partial charge in [-0.1, -0.05) is 146 Å². The molecule has 0 aromatic heterocycles. The van der Waals surface area contributed by atoms with Gasteiger partial charge in [0.05, 0.1) is 0 Å². The Morgan fingerprint density at radius 2 is 0.410 bits per heavy atom. The van der Waals surface area contributed by atoms with E-state index in [9.17, 15) is 0 Å². The molecule has 0 N–H and O–H groups in total. The molecule has 1 nitrogen and oxygen atoms in total. The normalized spacial score (nSPS) is 10.1. The Balaban J connectivity index is 0.000000343. The molecule has 0 amide bonds. The van der Waals surface area contributed by atoms with Gasteiger partial charge in [-0.25, -0.2) is 0 Å². The van der Waals surface area contributed by atoms with Crippen LogP contribution in [0.5, 0.6) is 0 Å². The van der Waals surface area contributed by atoms with Crippen molar-refractivity contribution in [2.45, 2.75) is 0 Å². The van der Waals surface area contributed by atoms with Crippen LogP contribution < -0.4 is 42.4 Å². The van der Waals surface area contributed by atoms with Gasteiger partial charge in [0.25, 0.3) is 0 Å². The van der Waals surface area contributed by atoms with Gasteiger partial charge in [0.15, 0.2) is 0 Å². The first kappa shape index (κ1) is 54.7. The van der Waals surface area contributed by atoms with Crippen LogP contribution in [0, 0.1) is 0 Å². The molecule has 0 bridgehead atoms. The van der Waals surface area contributed by atoms with E-state index in [1.54, 1.807) is 0 Å². The summed E-state index contributed by atoms with van der Waals surface area (Å²) in [4.78, 5) is 0. The molecule has 0 atom stereocenters. The van der Waals surface area contributed by atoms with Gasteiger partial charge in [-0.3, -0.25) is 0 Å². The SMILES string of the molecule is [Cl][Fe][Cl].[O]=[W].[S-]CC[S-].[SH-].[SH-].c1ccc([P+](c2ccccc2)(c2ccccc2)c2ccccc2)cc1.c1ccc([P+](c2ccccc2)(c2ccccc2)c2ccccc2)cc1. The van der Waals surface area contributed by atoms with Crippen LogP contribution in [0.2, 0.25) is 0 Å². The van der Waals surface area contributed by atoms with Gasteiger partial charge in [-0.15, -0.1) is 0 Å². The summed E-state index contributed by atoms with van der Waals surface area (Å²) in [7, 11) is 5.72. The van der Waals surface area contributed by atoms with E-state index in [1.165, 1.54) is 42.4 Å². The summed E-state index contributed by atoms with van der Waals surface area (Å²) in [5, 5.41) is 11.1. The first-order valence-electron chi connectivity index (χ1n) is 18.6. The zero-order valence-corrected chi connectivity index (χ0v) is 43.8. The second-order valence-electron chi connectivity index (χ2n) is 12.5. The van der Waals surface area contributed by atoms with Crippen LogP contribution in [0.3, 0.4) is 0 Å². The van der Waals surface area contributed by atoms with E-state index in [2.05, 4.69) is 268 Å². The zero-order valence-electron chi connectivity index (χ0n) is 33.0. The first-order valence-corrected chi connectivity index (χ1v) is 27.6. The van der Waals surface area contributed by atoms with Crippen LogP contribution in [-0.4, -0.2) is 11.5 Å². The molecule has 0 unspecified atom stereocenters. The van der Waals surface area contributed by atoms with E-state index in [0.717, 1.165) is 11.5 Å². The molecule has 8 aromatic carbocycles. The minimum Gasteiger partial charge on any atom is -0.813 e. The molecule has 0 aliphatic rings. The van der Waals surface area contributed by atoms with Crippen molar-refractivity contribution in [3.05, 3.63) is 243 Å². The number of benzene rings is 8. The molecular formula is C50H46Cl2FeOP2S4W-2. The van der Waals surface area contributed by atoms with E-state index >= 15 is 0 Å². The summed E-state index contributed by atoms with van der Waals surface area (Å²) >= 11 is 9.43. The van der Waals surface area contributed by atoms with Gasteiger partial charge in [-0.05, 0) is 97.1 Å². The minimum atomic E-state index is -1.91. The summed E-state index contributed by atoms with van der Waals surface area (Å²) in [6, 6.07) is 87.7. The van der Waals surface area contributed by atoms with Crippen molar-refractivity contribution in [1.82, 2.24) is 0 Å². The average molecular weight is 1160 g/mol. The fourth-order valence-electron chi connectivity index (χ4n) is 7.00. The molecular weight excluding hydrogens is 1120 g/mol. The predicted molar refractivity (Wildman–Crippen MR) is 277 cm³/mol. The van der Waals surface area contributed by atoms with Gasteiger partial charge >= 0.3 is 56.5 Å². The van der Waals surface area contributed by atoms with Gasteiger partial charge < -0.3 is 52.2 Å². The van der Waals surface area contributed by atoms with Crippen molar-refractivity contribution in [3.63, 3.8) is 0 Å². The van der Waals surface area contributed by atoms with Crippen LogP contribution in [0.25, 0.3) is 0 Å². The Morgan fingerprint density at radius 1 is 0.311 bits per heavy atom. The molecule has 0 saturated heterocycles. The summed E-state index contributed by atoms with van der Waals surface area (Å²) in [6.45, 7) is 0.